The van der Waals surface area contributed by atoms with Crippen molar-refractivity contribution in [3.63, 3.8) is 0 Å². The van der Waals surface area contributed by atoms with E-state index in [9.17, 15) is 0 Å². The first kappa shape index (κ1) is 14.8. The molecule has 0 N–H and O–H groups in total. The molecule has 106 valence electrons. The predicted molar refractivity (Wildman–Crippen MR) is 80.6 cm³/mol. The molecule has 0 spiro atoms. The molecule has 4 heteroatoms. The van der Waals surface area contributed by atoms with Gasteiger partial charge in [-0.2, -0.15) is 0 Å². The highest BCUT2D eigenvalue weighted by atomic mass is 79.9. The summed E-state index contributed by atoms with van der Waals surface area (Å²) in [6.45, 7) is 3.96. The highest BCUT2D eigenvalue weighted by Gasteiger charge is 2.16. The lowest BCUT2D eigenvalue weighted by atomic mass is 10.00. The summed E-state index contributed by atoms with van der Waals surface area (Å²) in [5.41, 5.74) is 1.31. The molecule has 1 aromatic carbocycles. The third-order valence-corrected chi connectivity index (χ3v) is 4.20. The molecule has 19 heavy (non-hydrogen) atoms. The van der Waals surface area contributed by atoms with Crippen LogP contribution in [0.25, 0.3) is 0 Å². The Morgan fingerprint density at radius 2 is 2.11 bits per heavy atom. The summed E-state index contributed by atoms with van der Waals surface area (Å²) in [4.78, 5) is 2.39. The maximum atomic E-state index is 5.40. The Labute approximate surface area is 124 Å². The Kier molecular flexibility index (Phi) is 5.67. The number of hydrogen-bond donors (Lipinski definition) is 0. The van der Waals surface area contributed by atoms with Gasteiger partial charge in [-0.3, -0.25) is 0 Å². The Morgan fingerprint density at radius 1 is 1.37 bits per heavy atom. The zero-order valence-electron chi connectivity index (χ0n) is 11.7. The van der Waals surface area contributed by atoms with Crippen LogP contribution in [0.3, 0.4) is 0 Å². The van der Waals surface area contributed by atoms with Crippen LogP contribution in [0.2, 0.25) is 0 Å². The fourth-order valence-corrected chi connectivity index (χ4v) is 3.14. The Morgan fingerprint density at radius 3 is 2.74 bits per heavy atom. The minimum Gasteiger partial charge on any atom is -0.496 e. The molecule has 3 nitrogen and oxygen atoms in total. The average molecular weight is 328 g/mol. The molecule has 0 atom stereocenters. The van der Waals surface area contributed by atoms with Crippen LogP contribution in [0.15, 0.2) is 22.7 Å². The average Bonchev–Trinajstić information content (AvgIpc) is 2.40. The molecule has 1 saturated heterocycles. The van der Waals surface area contributed by atoms with E-state index in [0.29, 0.717) is 0 Å². The van der Waals surface area contributed by atoms with E-state index in [1.807, 2.05) is 6.07 Å². The Balaban J connectivity index is 1.87. The standard InChI is InChI=1S/C15H22BrNO2/c1-17(10-12-5-7-19-8-6-12)11-13-3-4-15(18-2)14(16)9-13/h3-4,9,12H,5-8,10-11H2,1-2H3. The lowest BCUT2D eigenvalue weighted by molar-refractivity contribution is 0.0549. The Hall–Kier alpha value is -0.580. The minimum atomic E-state index is 0.778. The summed E-state index contributed by atoms with van der Waals surface area (Å²) in [6.07, 6.45) is 2.38. The van der Waals surface area contributed by atoms with Crippen molar-refractivity contribution in [2.45, 2.75) is 19.4 Å². The number of rotatable bonds is 5. The van der Waals surface area contributed by atoms with Gasteiger partial charge >= 0.3 is 0 Å². The van der Waals surface area contributed by atoms with Gasteiger partial charge in [-0.25, -0.2) is 0 Å². The van der Waals surface area contributed by atoms with E-state index in [1.54, 1.807) is 7.11 Å². The first-order valence-corrected chi connectivity index (χ1v) is 7.57. The monoisotopic (exact) mass is 327 g/mol. The largest absolute Gasteiger partial charge is 0.496 e. The van der Waals surface area contributed by atoms with Crippen LogP contribution in [0.4, 0.5) is 0 Å². The molecule has 0 aliphatic carbocycles. The summed E-state index contributed by atoms with van der Waals surface area (Å²) in [7, 11) is 3.88. The molecule has 0 aromatic heterocycles. The summed E-state index contributed by atoms with van der Waals surface area (Å²) in [5.74, 6) is 1.66. The van der Waals surface area contributed by atoms with E-state index in [0.717, 1.165) is 42.4 Å². The molecule has 0 unspecified atom stereocenters. The van der Waals surface area contributed by atoms with Crippen LogP contribution in [0, 0.1) is 5.92 Å². The lowest BCUT2D eigenvalue weighted by Gasteiger charge is -2.27. The van der Waals surface area contributed by atoms with Gasteiger partial charge < -0.3 is 14.4 Å². The van der Waals surface area contributed by atoms with Crippen molar-refractivity contribution in [2.24, 2.45) is 5.92 Å². The number of halogens is 1. The molecule has 0 saturated carbocycles. The van der Waals surface area contributed by atoms with Gasteiger partial charge in [-0.05, 0) is 59.4 Å². The van der Waals surface area contributed by atoms with Crippen LogP contribution in [0.1, 0.15) is 18.4 Å². The molecule has 0 radical (unpaired) electrons. The zero-order valence-corrected chi connectivity index (χ0v) is 13.3. The number of hydrogen-bond acceptors (Lipinski definition) is 3. The van der Waals surface area contributed by atoms with Gasteiger partial charge in [0.25, 0.3) is 0 Å². The van der Waals surface area contributed by atoms with E-state index in [-0.39, 0.29) is 0 Å². The molecule has 0 bridgehead atoms. The molecular formula is C15H22BrNO2. The van der Waals surface area contributed by atoms with Crippen molar-refractivity contribution in [1.82, 2.24) is 4.90 Å². The van der Waals surface area contributed by atoms with E-state index < -0.39 is 0 Å². The first-order chi connectivity index (χ1) is 9.19. The van der Waals surface area contributed by atoms with Crippen molar-refractivity contribution in [1.29, 1.82) is 0 Å². The van der Waals surface area contributed by atoms with Gasteiger partial charge in [0.15, 0.2) is 0 Å². The molecule has 1 fully saturated rings. The van der Waals surface area contributed by atoms with E-state index in [1.165, 1.54) is 18.4 Å². The molecule has 2 rings (SSSR count). The summed E-state index contributed by atoms with van der Waals surface area (Å²) in [5, 5.41) is 0. The van der Waals surface area contributed by atoms with Crippen LogP contribution in [-0.2, 0) is 11.3 Å². The molecule has 0 amide bonds. The quantitative estimate of drug-likeness (QED) is 0.828. The topological polar surface area (TPSA) is 21.7 Å². The first-order valence-electron chi connectivity index (χ1n) is 6.77. The van der Waals surface area contributed by atoms with Gasteiger partial charge in [0.05, 0.1) is 11.6 Å². The van der Waals surface area contributed by atoms with Crippen LogP contribution >= 0.6 is 15.9 Å². The maximum Gasteiger partial charge on any atom is 0.133 e. The van der Waals surface area contributed by atoms with E-state index in [4.69, 9.17) is 9.47 Å². The molecular weight excluding hydrogens is 306 g/mol. The SMILES string of the molecule is COc1ccc(CN(C)CC2CCOCC2)cc1Br. The zero-order chi connectivity index (χ0) is 13.7. The number of ether oxygens (including phenoxy) is 2. The predicted octanol–water partition coefficient (Wildman–Crippen LogP) is 3.32. The fourth-order valence-electron chi connectivity index (χ4n) is 2.55. The van der Waals surface area contributed by atoms with Gasteiger partial charge in [-0.15, -0.1) is 0 Å². The number of nitrogens with zero attached hydrogens (tertiary/aromatic N) is 1. The van der Waals surface area contributed by atoms with Gasteiger partial charge in [0, 0.05) is 26.3 Å². The van der Waals surface area contributed by atoms with Crippen LogP contribution in [0.5, 0.6) is 5.75 Å². The third-order valence-electron chi connectivity index (χ3n) is 3.58. The fraction of sp³-hybridized carbons (Fsp3) is 0.600. The molecule has 1 aliphatic heterocycles. The van der Waals surface area contributed by atoms with E-state index in [2.05, 4.69) is 40.0 Å². The molecule has 1 heterocycles. The van der Waals surface area contributed by atoms with Gasteiger partial charge in [-0.1, -0.05) is 6.07 Å². The summed E-state index contributed by atoms with van der Waals surface area (Å²) >= 11 is 3.54. The highest BCUT2D eigenvalue weighted by Crippen LogP contribution is 2.26. The second-order valence-corrected chi connectivity index (χ2v) is 6.08. The smallest absolute Gasteiger partial charge is 0.133 e. The highest BCUT2D eigenvalue weighted by molar-refractivity contribution is 9.10. The van der Waals surface area contributed by atoms with Crippen molar-refractivity contribution in [2.75, 3.05) is 33.9 Å². The minimum absolute atomic E-state index is 0.778. The van der Waals surface area contributed by atoms with Crippen molar-refractivity contribution in [3.8, 4) is 5.75 Å². The summed E-state index contributed by atoms with van der Waals surface area (Å²) in [6, 6.07) is 6.28. The van der Waals surface area contributed by atoms with Crippen LogP contribution < -0.4 is 4.74 Å². The maximum absolute atomic E-state index is 5.40. The van der Waals surface area contributed by atoms with E-state index >= 15 is 0 Å². The number of benzene rings is 1. The number of methoxy groups -OCH3 is 1. The normalized spacial score (nSPS) is 16.8. The molecule has 1 aliphatic rings. The van der Waals surface area contributed by atoms with Gasteiger partial charge in [0.1, 0.15) is 5.75 Å². The van der Waals surface area contributed by atoms with Crippen molar-refractivity contribution < 1.29 is 9.47 Å². The second kappa shape index (κ2) is 7.27. The lowest BCUT2D eigenvalue weighted by Crippen LogP contribution is -2.29. The van der Waals surface area contributed by atoms with Crippen molar-refractivity contribution in [3.05, 3.63) is 28.2 Å². The molecule has 1 aromatic rings. The Bertz CT molecular complexity index is 405. The van der Waals surface area contributed by atoms with Crippen LogP contribution in [-0.4, -0.2) is 38.8 Å². The second-order valence-electron chi connectivity index (χ2n) is 5.22. The third kappa shape index (κ3) is 4.48. The summed E-state index contributed by atoms with van der Waals surface area (Å²) < 4.78 is 11.7. The van der Waals surface area contributed by atoms with Gasteiger partial charge in [0.2, 0.25) is 0 Å². The van der Waals surface area contributed by atoms with Crippen molar-refractivity contribution >= 4 is 15.9 Å².